The summed E-state index contributed by atoms with van der Waals surface area (Å²) < 4.78 is 0. The summed E-state index contributed by atoms with van der Waals surface area (Å²) >= 11 is 12.0. The Morgan fingerprint density at radius 2 is 1.87 bits per heavy atom. The molecule has 0 unspecified atom stereocenters. The lowest BCUT2D eigenvalue weighted by Crippen LogP contribution is -2.36. The normalized spacial score (nSPS) is 15.1. The van der Waals surface area contributed by atoms with E-state index in [2.05, 4.69) is 25.9 Å². The van der Waals surface area contributed by atoms with Gasteiger partial charge in [-0.2, -0.15) is 4.98 Å². The minimum atomic E-state index is -1.04. The van der Waals surface area contributed by atoms with E-state index in [1.54, 1.807) is 18.2 Å². The molecule has 0 saturated carbocycles. The Labute approximate surface area is 180 Å². The van der Waals surface area contributed by atoms with E-state index < -0.39 is 23.3 Å². The summed E-state index contributed by atoms with van der Waals surface area (Å²) in [6, 6.07) is 13.7. The van der Waals surface area contributed by atoms with Crippen molar-refractivity contribution in [2.75, 3.05) is 16.0 Å². The predicted octanol–water partition coefficient (Wildman–Crippen LogP) is 3.88. The summed E-state index contributed by atoms with van der Waals surface area (Å²) in [7, 11) is 0. The first-order valence-corrected chi connectivity index (χ1v) is 9.68. The van der Waals surface area contributed by atoms with Crippen LogP contribution in [0.5, 0.6) is 0 Å². The van der Waals surface area contributed by atoms with Gasteiger partial charge in [-0.15, -0.1) is 0 Å². The molecule has 0 saturated heterocycles. The second kappa shape index (κ2) is 8.17. The molecule has 152 valence electrons. The molecular weight excluding hydrogens is 429 g/mol. The molecule has 1 aromatic heterocycles. The van der Waals surface area contributed by atoms with Crippen molar-refractivity contribution in [1.82, 2.24) is 9.97 Å². The third-order valence-corrected chi connectivity index (χ3v) is 5.06. The Balaban J connectivity index is 1.66. The van der Waals surface area contributed by atoms with E-state index in [-0.39, 0.29) is 34.5 Å². The topological polar surface area (TPSA) is 116 Å². The number of H-pyrrole nitrogens is 1. The average Bonchev–Trinajstić information content (AvgIpc) is 2.70. The number of fused-ring (bicyclic) bond motifs is 1. The minimum Gasteiger partial charge on any atom is -0.326 e. The zero-order chi connectivity index (χ0) is 21.3. The lowest BCUT2D eigenvalue weighted by molar-refractivity contribution is -0.123. The zero-order valence-corrected chi connectivity index (χ0v) is 16.8. The van der Waals surface area contributed by atoms with Crippen LogP contribution >= 0.6 is 23.2 Å². The van der Waals surface area contributed by atoms with E-state index in [0.29, 0.717) is 10.7 Å². The van der Waals surface area contributed by atoms with Gasteiger partial charge in [0.15, 0.2) is 0 Å². The Hall–Kier alpha value is -3.36. The van der Waals surface area contributed by atoms with Gasteiger partial charge in [0.25, 0.3) is 5.56 Å². The number of carbonyl (C=O) groups excluding carboxylic acids is 2. The van der Waals surface area contributed by atoms with Gasteiger partial charge in [-0.05, 0) is 30.3 Å². The van der Waals surface area contributed by atoms with Gasteiger partial charge in [-0.1, -0.05) is 41.4 Å². The standard InChI is InChI=1S/C20H15Cl2N5O3/c21-10-6-7-13(22)14(8-10)24-18(29)12-9-15(28)25-17-16(12)19(30)27-20(26-17)23-11-4-2-1-3-5-11/h1-8,12H,9H2,(H,24,29)(H3,23,25,26,27,28,30)/t12-/m1/s1. The average molecular weight is 444 g/mol. The van der Waals surface area contributed by atoms with Crippen LogP contribution in [0.2, 0.25) is 10.0 Å². The van der Waals surface area contributed by atoms with E-state index in [4.69, 9.17) is 23.2 Å². The first-order chi connectivity index (χ1) is 14.4. The Morgan fingerprint density at radius 3 is 2.63 bits per heavy atom. The zero-order valence-electron chi connectivity index (χ0n) is 15.3. The lowest BCUT2D eigenvalue weighted by atomic mass is 9.92. The maximum Gasteiger partial charge on any atom is 0.258 e. The van der Waals surface area contributed by atoms with Gasteiger partial charge in [0.2, 0.25) is 17.8 Å². The smallest absolute Gasteiger partial charge is 0.258 e. The van der Waals surface area contributed by atoms with Gasteiger partial charge in [0, 0.05) is 17.1 Å². The molecule has 0 aliphatic carbocycles. The van der Waals surface area contributed by atoms with Crippen LogP contribution in [0.4, 0.5) is 23.1 Å². The number of amides is 2. The maximum absolute atomic E-state index is 12.9. The van der Waals surface area contributed by atoms with Crippen molar-refractivity contribution in [2.24, 2.45) is 0 Å². The number of hydrogen-bond donors (Lipinski definition) is 4. The molecule has 0 spiro atoms. The van der Waals surface area contributed by atoms with Crippen LogP contribution in [0.3, 0.4) is 0 Å². The maximum atomic E-state index is 12.9. The molecule has 0 bridgehead atoms. The van der Waals surface area contributed by atoms with Gasteiger partial charge in [0.1, 0.15) is 5.82 Å². The highest BCUT2D eigenvalue weighted by molar-refractivity contribution is 6.35. The fraction of sp³-hybridized carbons (Fsp3) is 0.100. The van der Waals surface area contributed by atoms with E-state index in [9.17, 15) is 14.4 Å². The van der Waals surface area contributed by atoms with Crippen molar-refractivity contribution in [3.63, 3.8) is 0 Å². The molecule has 10 heteroatoms. The number of rotatable bonds is 4. The van der Waals surface area contributed by atoms with Crippen molar-refractivity contribution >= 4 is 58.2 Å². The number of anilines is 4. The van der Waals surface area contributed by atoms with Crippen LogP contribution in [-0.2, 0) is 9.59 Å². The van der Waals surface area contributed by atoms with Gasteiger partial charge < -0.3 is 16.0 Å². The molecular formula is C20H15Cl2N5O3. The molecule has 2 heterocycles. The molecule has 3 aromatic rings. The summed E-state index contributed by atoms with van der Waals surface area (Å²) in [5.41, 5.74) is 0.528. The molecule has 2 amide bonds. The molecule has 1 aliphatic rings. The van der Waals surface area contributed by atoms with E-state index in [1.165, 1.54) is 12.1 Å². The quantitative estimate of drug-likeness (QED) is 0.488. The van der Waals surface area contributed by atoms with Gasteiger partial charge in [-0.25, -0.2) is 0 Å². The monoisotopic (exact) mass is 443 g/mol. The minimum absolute atomic E-state index is 0.0331. The summed E-state index contributed by atoms with van der Waals surface area (Å²) in [5, 5.41) is 8.81. The molecule has 8 nitrogen and oxygen atoms in total. The molecule has 30 heavy (non-hydrogen) atoms. The van der Waals surface area contributed by atoms with Gasteiger partial charge >= 0.3 is 0 Å². The molecule has 4 N–H and O–H groups in total. The number of halogens is 2. The molecule has 1 atom stereocenters. The van der Waals surface area contributed by atoms with E-state index in [1.807, 2.05) is 18.2 Å². The predicted molar refractivity (Wildman–Crippen MR) is 116 cm³/mol. The highest BCUT2D eigenvalue weighted by atomic mass is 35.5. The molecule has 1 aliphatic heterocycles. The number of para-hydroxylation sites is 1. The summed E-state index contributed by atoms with van der Waals surface area (Å²) in [6.07, 6.45) is -0.201. The third-order valence-electron chi connectivity index (χ3n) is 4.49. The van der Waals surface area contributed by atoms with Crippen molar-refractivity contribution in [3.05, 3.63) is 74.5 Å². The van der Waals surface area contributed by atoms with E-state index >= 15 is 0 Å². The van der Waals surface area contributed by atoms with Crippen molar-refractivity contribution in [1.29, 1.82) is 0 Å². The molecule has 2 aromatic carbocycles. The first kappa shape index (κ1) is 19.9. The van der Waals surface area contributed by atoms with Crippen molar-refractivity contribution in [3.8, 4) is 0 Å². The fourth-order valence-electron chi connectivity index (χ4n) is 3.13. The van der Waals surface area contributed by atoms with Crippen LogP contribution in [0.25, 0.3) is 0 Å². The number of carbonyl (C=O) groups is 2. The number of hydrogen-bond acceptors (Lipinski definition) is 5. The number of benzene rings is 2. The summed E-state index contributed by atoms with van der Waals surface area (Å²) in [5.74, 6) is -1.85. The number of nitrogens with one attached hydrogen (secondary N) is 4. The number of aromatic nitrogens is 2. The largest absolute Gasteiger partial charge is 0.326 e. The Bertz CT molecular complexity index is 1200. The van der Waals surface area contributed by atoms with Crippen molar-refractivity contribution in [2.45, 2.75) is 12.3 Å². The van der Waals surface area contributed by atoms with Crippen LogP contribution in [0.1, 0.15) is 17.9 Å². The fourth-order valence-corrected chi connectivity index (χ4v) is 3.46. The SMILES string of the molecule is O=C1C[C@@H](C(=O)Nc2cc(Cl)ccc2Cl)c2c(nc(Nc3ccccc3)[nH]c2=O)N1. The van der Waals surface area contributed by atoms with Crippen molar-refractivity contribution < 1.29 is 9.59 Å². The third kappa shape index (κ3) is 4.14. The number of aromatic amines is 1. The Morgan fingerprint density at radius 1 is 1.10 bits per heavy atom. The van der Waals surface area contributed by atoms with Crippen LogP contribution in [-0.4, -0.2) is 21.8 Å². The second-order valence-electron chi connectivity index (χ2n) is 6.59. The molecule has 0 fully saturated rings. The van der Waals surface area contributed by atoms with Gasteiger partial charge in [0.05, 0.1) is 22.2 Å². The van der Waals surface area contributed by atoms with E-state index in [0.717, 1.165) is 0 Å². The number of nitrogens with zero attached hydrogens (tertiary/aromatic N) is 1. The summed E-state index contributed by atoms with van der Waals surface area (Å²) in [4.78, 5) is 44.7. The molecule has 4 rings (SSSR count). The summed E-state index contributed by atoms with van der Waals surface area (Å²) in [6.45, 7) is 0. The van der Waals surface area contributed by atoms with Crippen LogP contribution < -0.4 is 21.5 Å². The Kier molecular flexibility index (Phi) is 5.43. The lowest BCUT2D eigenvalue weighted by Gasteiger charge is -2.24. The van der Waals surface area contributed by atoms with Crippen LogP contribution in [0.15, 0.2) is 53.3 Å². The highest BCUT2D eigenvalue weighted by Crippen LogP contribution is 2.32. The van der Waals surface area contributed by atoms with Gasteiger partial charge in [-0.3, -0.25) is 19.4 Å². The molecule has 0 radical (unpaired) electrons. The first-order valence-electron chi connectivity index (χ1n) is 8.93. The second-order valence-corrected chi connectivity index (χ2v) is 7.43. The van der Waals surface area contributed by atoms with Crippen LogP contribution in [0, 0.1) is 0 Å². The highest BCUT2D eigenvalue weighted by Gasteiger charge is 2.35.